The first-order valence-corrected chi connectivity index (χ1v) is 12.3. The van der Waals surface area contributed by atoms with Gasteiger partial charge in [0, 0.05) is 36.0 Å². The molecule has 2 aromatic heterocycles. The summed E-state index contributed by atoms with van der Waals surface area (Å²) in [7, 11) is 0. The quantitative estimate of drug-likeness (QED) is 0.422. The molecule has 4 rings (SSSR count). The van der Waals surface area contributed by atoms with Crippen molar-refractivity contribution in [2.24, 2.45) is 0 Å². The number of fused-ring (bicyclic) bond motifs is 2. The fourth-order valence-electron chi connectivity index (χ4n) is 3.63. The van der Waals surface area contributed by atoms with Gasteiger partial charge in [-0.25, -0.2) is 4.98 Å². The minimum absolute atomic E-state index is 0.0888. The number of carbonyl (C=O) groups is 1. The van der Waals surface area contributed by atoms with Gasteiger partial charge >= 0.3 is 6.18 Å². The highest BCUT2D eigenvalue weighted by atomic mass is 32.1. The Morgan fingerprint density at radius 3 is 2.88 bits per heavy atom. The second-order valence-electron chi connectivity index (χ2n) is 7.90. The number of nitrogens with zero attached hydrogens (tertiary/aromatic N) is 1. The molecule has 3 heterocycles. The molecule has 3 aromatic rings. The van der Waals surface area contributed by atoms with Crippen molar-refractivity contribution < 1.29 is 18.0 Å². The number of carbonyl (C=O) groups excluding carboxylic acids is 1. The topological polar surface area (TPSA) is 66.0 Å². The van der Waals surface area contributed by atoms with Gasteiger partial charge < -0.3 is 16.0 Å². The zero-order valence-electron chi connectivity index (χ0n) is 17.9. The molecule has 1 amide bonds. The maximum Gasteiger partial charge on any atom is 0.416 e. The number of nitrogens with one attached hydrogen (secondary N) is 3. The van der Waals surface area contributed by atoms with Crippen molar-refractivity contribution in [3.63, 3.8) is 0 Å². The molecule has 0 saturated carbocycles. The average molecular weight is 483 g/mol. The van der Waals surface area contributed by atoms with Crippen LogP contribution in [-0.4, -0.2) is 30.0 Å². The van der Waals surface area contributed by atoms with E-state index in [0.717, 1.165) is 52.5 Å². The second kappa shape index (κ2) is 9.46. The standard InChI is InChI=1S/C22H25F3N4OS2/c1-3-12(2)27-9-7-18(30)29-21-19(14-6-8-26-11-17(14)32-21)20-28-15-10-13(22(23,24)25)4-5-16(15)31-20/h4-5,10,12,26-27H,3,6-9,11H2,1-2H3,(H,29,30). The molecular weight excluding hydrogens is 457 g/mol. The number of hydrogen-bond acceptors (Lipinski definition) is 6. The number of benzene rings is 1. The van der Waals surface area contributed by atoms with Gasteiger partial charge in [0.15, 0.2) is 0 Å². The van der Waals surface area contributed by atoms with E-state index in [4.69, 9.17) is 0 Å². The van der Waals surface area contributed by atoms with Gasteiger partial charge in [0.1, 0.15) is 10.0 Å². The summed E-state index contributed by atoms with van der Waals surface area (Å²) in [6, 6.07) is 4.00. The highest BCUT2D eigenvalue weighted by Crippen LogP contribution is 2.45. The van der Waals surface area contributed by atoms with E-state index in [-0.39, 0.29) is 5.91 Å². The van der Waals surface area contributed by atoms with E-state index in [1.165, 1.54) is 28.7 Å². The molecule has 0 fully saturated rings. The number of aromatic nitrogens is 1. The predicted molar refractivity (Wildman–Crippen MR) is 124 cm³/mol. The smallest absolute Gasteiger partial charge is 0.317 e. The van der Waals surface area contributed by atoms with E-state index in [2.05, 4.69) is 34.8 Å². The minimum Gasteiger partial charge on any atom is -0.317 e. The van der Waals surface area contributed by atoms with Gasteiger partial charge in [0.25, 0.3) is 0 Å². The molecule has 1 atom stereocenters. The molecule has 1 aliphatic heterocycles. The largest absolute Gasteiger partial charge is 0.416 e. The lowest BCUT2D eigenvalue weighted by molar-refractivity contribution is -0.137. The third kappa shape index (κ3) is 4.98. The first-order valence-electron chi connectivity index (χ1n) is 10.6. The van der Waals surface area contributed by atoms with E-state index in [0.29, 0.717) is 40.8 Å². The predicted octanol–water partition coefficient (Wildman–Crippen LogP) is 5.41. The van der Waals surface area contributed by atoms with E-state index in [1.54, 1.807) is 0 Å². The van der Waals surface area contributed by atoms with Crippen LogP contribution in [0.2, 0.25) is 0 Å². The third-order valence-corrected chi connectivity index (χ3v) is 7.77. The summed E-state index contributed by atoms with van der Waals surface area (Å²) in [4.78, 5) is 18.3. The molecule has 1 aliphatic rings. The summed E-state index contributed by atoms with van der Waals surface area (Å²) in [6.45, 7) is 6.27. The summed E-state index contributed by atoms with van der Waals surface area (Å²) in [5.41, 5.74) is 1.59. The molecule has 10 heteroatoms. The molecule has 32 heavy (non-hydrogen) atoms. The van der Waals surface area contributed by atoms with Gasteiger partial charge in [-0.15, -0.1) is 22.7 Å². The lowest BCUT2D eigenvalue weighted by Crippen LogP contribution is -2.28. The number of halogens is 3. The highest BCUT2D eigenvalue weighted by molar-refractivity contribution is 7.22. The molecule has 0 aliphatic carbocycles. The molecule has 5 nitrogen and oxygen atoms in total. The van der Waals surface area contributed by atoms with Crippen LogP contribution in [-0.2, 0) is 23.9 Å². The highest BCUT2D eigenvalue weighted by Gasteiger charge is 2.31. The van der Waals surface area contributed by atoms with Crippen LogP contribution in [0.15, 0.2) is 18.2 Å². The van der Waals surface area contributed by atoms with Crippen molar-refractivity contribution in [1.29, 1.82) is 0 Å². The number of hydrogen-bond donors (Lipinski definition) is 3. The Balaban J connectivity index is 1.64. The molecule has 172 valence electrons. The van der Waals surface area contributed by atoms with Crippen LogP contribution in [0.1, 0.15) is 42.7 Å². The van der Waals surface area contributed by atoms with Crippen LogP contribution in [0.25, 0.3) is 20.8 Å². The van der Waals surface area contributed by atoms with Crippen LogP contribution in [0.3, 0.4) is 0 Å². The van der Waals surface area contributed by atoms with Crippen LogP contribution >= 0.6 is 22.7 Å². The van der Waals surface area contributed by atoms with Crippen LogP contribution < -0.4 is 16.0 Å². The van der Waals surface area contributed by atoms with E-state index in [1.807, 2.05) is 0 Å². The average Bonchev–Trinajstić information content (AvgIpc) is 3.32. The second-order valence-corrected chi connectivity index (χ2v) is 10.0. The van der Waals surface area contributed by atoms with Gasteiger partial charge in [0.05, 0.1) is 15.8 Å². The summed E-state index contributed by atoms with van der Waals surface area (Å²) in [6.07, 6.45) is -2.28. The number of anilines is 1. The van der Waals surface area contributed by atoms with Crippen LogP contribution in [0.5, 0.6) is 0 Å². The zero-order valence-corrected chi connectivity index (χ0v) is 19.5. The molecule has 0 bridgehead atoms. The summed E-state index contributed by atoms with van der Waals surface area (Å²) >= 11 is 2.88. The maximum absolute atomic E-state index is 13.1. The lowest BCUT2D eigenvalue weighted by atomic mass is 10.0. The first kappa shape index (κ1) is 23.2. The number of alkyl halides is 3. The normalized spacial score (nSPS) is 15.0. The van der Waals surface area contributed by atoms with E-state index < -0.39 is 11.7 Å². The van der Waals surface area contributed by atoms with Gasteiger partial charge in [-0.05, 0) is 50.1 Å². The Morgan fingerprint density at radius 1 is 1.31 bits per heavy atom. The molecule has 0 radical (unpaired) electrons. The Bertz CT molecular complexity index is 1120. The summed E-state index contributed by atoms with van der Waals surface area (Å²) in [5, 5.41) is 11.1. The van der Waals surface area contributed by atoms with Crippen LogP contribution in [0, 0.1) is 0 Å². The van der Waals surface area contributed by atoms with Gasteiger partial charge in [0.2, 0.25) is 5.91 Å². The Morgan fingerprint density at radius 2 is 2.12 bits per heavy atom. The van der Waals surface area contributed by atoms with Crippen LogP contribution in [0.4, 0.5) is 18.2 Å². The Labute approximate surface area is 192 Å². The van der Waals surface area contributed by atoms with Crippen molar-refractivity contribution in [3.8, 4) is 10.6 Å². The van der Waals surface area contributed by atoms with E-state index >= 15 is 0 Å². The van der Waals surface area contributed by atoms with Crippen molar-refractivity contribution >= 4 is 43.8 Å². The number of thiophene rings is 1. The third-order valence-electron chi connectivity index (χ3n) is 5.57. The van der Waals surface area contributed by atoms with Crippen molar-refractivity contribution in [2.45, 2.75) is 51.9 Å². The lowest BCUT2D eigenvalue weighted by Gasteiger charge is -2.13. The van der Waals surface area contributed by atoms with Gasteiger partial charge in [-0.1, -0.05) is 6.92 Å². The Kier molecular flexibility index (Phi) is 6.85. The fraction of sp³-hybridized carbons (Fsp3) is 0.455. The van der Waals surface area contributed by atoms with Crippen molar-refractivity contribution in [1.82, 2.24) is 15.6 Å². The number of thiazole rings is 1. The number of amides is 1. The minimum atomic E-state index is -4.41. The first-order chi connectivity index (χ1) is 15.3. The monoisotopic (exact) mass is 482 g/mol. The summed E-state index contributed by atoms with van der Waals surface area (Å²) in [5.74, 6) is -0.0888. The molecule has 1 aromatic carbocycles. The molecule has 3 N–H and O–H groups in total. The SMILES string of the molecule is CCC(C)NCCC(=O)Nc1sc2c(c1-c1nc3cc(C(F)(F)F)ccc3s1)CCNC2. The fourth-order valence-corrected chi connectivity index (χ4v) is 5.95. The zero-order chi connectivity index (χ0) is 22.9. The molecule has 0 spiro atoms. The molecular formula is C22H25F3N4OS2. The van der Waals surface area contributed by atoms with Gasteiger partial charge in [-0.2, -0.15) is 13.2 Å². The molecule has 0 saturated heterocycles. The van der Waals surface area contributed by atoms with E-state index in [9.17, 15) is 18.0 Å². The maximum atomic E-state index is 13.1. The van der Waals surface area contributed by atoms with Crippen molar-refractivity contribution in [2.75, 3.05) is 18.4 Å². The number of rotatable bonds is 7. The van der Waals surface area contributed by atoms with Gasteiger partial charge in [-0.3, -0.25) is 4.79 Å². The van der Waals surface area contributed by atoms with Crippen molar-refractivity contribution in [3.05, 3.63) is 34.2 Å². The molecule has 1 unspecified atom stereocenters. The Hall–Kier alpha value is -2.01. The summed E-state index contributed by atoms with van der Waals surface area (Å²) < 4.78 is 40.1.